The lowest BCUT2D eigenvalue weighted by Crippen LogP contribution is -2.20. The molecule has 3 N–H and O–H groups in total. The van der Waals surface area contributed by atoms with Crippen LogP contribution in [0.2, 0.25) is 0 Å². The summed E-state index contributed by atoms with van der Waals surface area (Å²) in [5.41, 5.74) is 10.1. The first-order chi connectivity index (χ1) is 15.0. The molecule has 158 valence electrons. The minimum absolute atomic E-state index is 0.0459. The van der Waals surface area contributed by atoms with Crippen LogP contribution in [0, 0.1) is 13.8 Å². The van der Waals surface area contributed by atoms with Gasteiger partial charge in [-0.3, -0.25) is 4.79 Å². The zero-order valence-electron chi connectivity index (χ0n) is 16.6. The topological polar surface area (TPSA) is 137 Å². The Hall–Kier alpha value is -3.51. The molecule has 0 atom stereocenters. The maximum atomic E-state index is 12.7. The number of amides is 1. The van der Waals surface area contributed by atoms with Gasteiger partial charge in [0.05, 0.1) is 11.9 Å². The summed E-state index contributed by atoms with van der Waals surface area (Å²) in [5.74, 6) is 0.109. The molecule has 31 heavy (non-hydrogen) atoms. The van der Waals surface area contributed by atoms with Crippen molar-refractivity contribution in [3.63, 3.8) is 0 Å². The fourth-order valence-corrected chi connectivity index (χ4v) is 4.27. The Labute approximate surface area is 185 Å². The fraction of sp³-hybridized carbons (Fsp3) is 0.158. The summed E-state index contributed by atoms with van der Waals surface area (Å²) < 4.78 is 6.03. The van der Waals surface area contributed by atoms with Crippen LogP contribution in [0.15, 0.2) is 51.0 Å². The number of nitrogens with zero attached hydrogens (tertiary/aromatic N) is 6. The van der Waals surface area contributed by atoms with E-state index in [1.807, 2.05) is 50.2 Å². The third-order valence-electron chi connectivity index (χ3n) is 4.19. The number of carbonyl (C=O) groups is 1. The Morgan fingerprint density at radius 1 is 1.26 bits per heavy atom. The number of nitrogen functional groups attached to an aromatic ring is 1. The third-order valence-corrected chi connectivity index (χ3v) is 6.15. The lowest BCUT2D eigenvalue weighted by Gasteiger charge is -2.06. The number of hydrogen-bond acceptors (Lipinski definition) is 10. The summed E-state index contributed by atoms with van der Waals surface area (Å²) >= 11 is 3.10. The molecule has 1 amide bonds. The van der Waals surface area contributed by atoms with Crippen molar-refractivity contribution in [2.75, 3.05) is 5.73 Å². The number of anilines is 1. The normalized spacial score (nSPS) is 11.3. The number of rotatable bonds is 7. The highest BCUT2D eigenvalue weighted by Gasteiger charge is 2.24. The van der Waals surface area contributed by atoms with Gasteiger partial charge in [0.25, 0.3) is 5.91 Å². The van der Waals surface area contributed by atoms with E-state index in [0.29, 0.717) is 11.4 Å². The number of hydrogen-bond donors (Lipinski definition) is 2. The number of aromatic nitrogens is 5. The molecule has 3 aromatic heterocycles. The molecule has 10 nitrogen and oxygen atoms in total. The molecular weight excluding hydrogens is 436 g/mol. The van der Waals surface area contributed by atoms with Crippen LogP contribution >= 0.6 is 23.1 Å². The van der Waals surface area contributed by atoms with E-state index in [1.54, 1.807) is 17.6 Å². The molecular formula is C19H18N8O2S2. The highest BCUT2D eigenvalue weighted by Crippen LogP contribution is 2.26. The first kappa shape index (κ1) is 20.8. The van der Waals surface area contributed by atoms with Gasteiger partial charge in [0.15, 0.2) is 5.69 Å². The SMILES string of the molecule is Cc1ccc(SCc2c(C(=O)N/N=C\c3ccc(C)s3)nnn2-c2nonc2N)cc1. The Morgan fingerprint density at radius 3 is 2.74 bits per heavy atom. The van der Waals surface area contributed by atoms with E-state index in [4.69, 9.17) is 5.73 Å². The minimum Gasteiger partial charge on any atom is -0.378 e. The minimum atomic E-state index is -0.495. The van der Waals surface area contributed by atoms with Crippen molar-refractivity contribution in [2.45, 2.75) is 24.5 Å². The summed E-state index contributed by atoms with van der Waals surface area (Å²) in [6.45, 7) is 4.02. The van der Waals surface area contributed by atoms with Gasteiger partial charge in [-0.2, -0.15) is 9.78 Å². The number of thiophene rings is 1. The van der Waals surface area contributed by atoms with Crippen molar-refractivity contribution >= 4 is 41.0 Å². The number of nitrogens with one attached hydrogen (secondary N) is 1. The molecule has 0 aliphatic heterocycles. The lowest BCUT2D eigenvalue weighted by molar-refractivity contribution is 0.0949. The molecule has 0 aliphatic rings. The van der Waals surface area contributed by atoms with Crippen LogP contribution in [0.25, 0.3) is 5.82 Å². The predicted molar refractivity (Wildman–Crippen MR) is 118 cm³/mol. The van der Waals surface area contributed by atoms with Gasteiger partial charge < -0.3 is 5.73 Å². The van der Waals surface area contributed by atoms with Gasteiger partial charge in [-0.15, -0.1) is 28.2 Å². The van der Waals surface area contributed by atoms with E-state index in [0.717, 1.165) is 20.2 Å². The molecule has 4 rings (SSSR count). The van der Waals surface area contributed by atoms with Crippen molar-refractivity contribution < 1.29 is 9.42 Å². The van der Waals surface area contributed by atoms with Crippen LogP contribution in [0.3, 0.4) is 0 Å². The number of nitrogens with two attached hydrogens (primary N) is 1. The molecule has 12 heteroatoms. The molecule has 0 fully saturated rings. The zero-order valence-corrected chi connectivity index (χ0v) is 18.3. The second-order valence-electron chi connectivity index (χ2n) is 6.52. The van der Waals surface area contributed by atoms with Gasteiger partial charge in [0, 0.05) is 20.4 Å². The number of carbonyl (C=O) groups excluding carboxylic acids is 1. The molecule has 4 aromatic rings. The maximum absolute atomic E-state index is 12.7. The molecule has 0 aliphatic carbocycles. The summed E-state index contributed by atoms with van der Waals surface area (Å²) in [7, 11) is 0. The number of aryl methyl sites for hydroxylation is 2. The van der Waals surface area contributed by atoms with Crippen LogP contribution in [-0.4, -0.2) is 37.4 Å². The molecule has 0 radical (unpaired) electrons. The summed E-state index contributed by atoms with van der Waals surface area (Å²) in [5, 5.41) is 19.4. The van der Waals surface area contributed by atoms with Gasteiger partial charge >= 0.3 is 0 Å². The average molecular weight is 455 g/mol. The molecule has 0 bridgehead atoms. The Balaban J connectivity index is 1.58. The first-order valence-corrected chi connectivity index (χ1v) is 10.9. The quantitative estimate of drug-likeness (QED) is 0.247. The second-order valence-corrected chi connectivity index (χ2v) is 8.89. The molecule has 0 saturated carbocycles. The lowest BCUT2D eigenvalue weighted by atomic mass is 10.2. The van der Waals surface area contributed by atoms with Crippen molar-refractivity contribution in [2.24, 2.45) is 5.10 Å². The van der Waals surface area contributed by atoms with E-state index in [2.05, 4.69) is 35.8 Å². The number of benzene rings is 1. The fourth-order valence-electron chi connectivity index (χ4n) is 2.63. The number of hydrazone groups is 1. The average Bonchev–Trinajstić information content (AvgIpc) is 3.47. The molecule has 0 saturated heterocycles. The molecule has 1 aromatic carbocycles. The van der Waals surface area contributed by atoms with Crippen LogP contribution in [-0.2, 0) is 5.75 Å². The van der Waals surface area contributed by atoms with Gasteiger partial charge in [-0.25, -0.2) is 10.1 Å². The Morgan fingerprint density at radius 2 is 2.06 bits per heavy atom. The van der Waals surface area contributed by atoms with E-state index >= 15 is 0 Å². The van der Waals surface area contributed by atoms with Gasteiger partial charge in [-0.1, -0.05) is 22.9 Å². The van der Waals surface area contributed by atoms with Crippen LogP contribution in [0.1, 0.15) is 31.5 Å². The van der Waals surface area contributed by atoms with E-state index in [9.17, 15) is 4.79 Å². The van der Waals surface area contributed by atoms with Crippen molar-refractivity contribution in [1.82, 2.24) is 30.7 Å². The van der Waals surface area contributed by atoms with Crippen molar-refractivity contribution in [1.29, 1.82) is 0 Å². The summed E-state index contributed by atoms with van der Waals surface area (Å²) in [6, 6.07) is 12.0. The number of thioether (sulfide) groups is 1. The predicted octanol–water partition coefficient (Wildman–Crippen LogP) is 2.97. The molecule has 0 spiro atoms. The van der Waals surface area contributed by atoms with Crippen molar-refractivity contribution in [3.05, 3.63) is 63.1 Å². The van der Waals surface area contributed by atoms with Gasteiger partial charge in [0.1, 0.15) is 0 Å². The van der Waals surface area contributed by atoms with E-state index in [1.165, 1.54) is 16.4 Å². The first-order valence-electron chi connectivity index (χ1n) is 9.13. The standard InChI is InChI=1S/C19H18N8O2S2/c1-11-3-6-13(7-4-11)30-10-15-16(22-26-27(15)18-17(20)24-29-25-18)19(28)23-21-9-14-8-5-12(2)31-14/h3-9H,10H2,1-2H3,(H2,20,24)(H,23,28)/b21-9-. The second kappa shape index (κ2) is 9.10. The highest BCUT2D eigenvalue weighted by molar-refractivity contribution is 7.98. The highest BCUT2D eigenvalue weighted by atomic mass is 32.2. The largest absolute Gasteiger partial charge is 0.378 e. The monoisotopic (exact) mass is 454 g/mol. The van der Waals surface area contributed by atoms with E-state index in [-0.39, 0.29) is 17.3 Å². The van der Waals surface area contributed by atoms with Gasteiger partial charge in [-0.05, 0) is 48.4 Å². The maximum Gasteiger partial charge on any atom is 0.293 e. The van der Waals surface area contributed by atoms with Crippen LogP contribution < -0.4 is 11.2 Å². The van der Waals surface area contributed by atoms with Gasteiger partial charge in [0.2, 0.25) is 11.6 Å². The Kier molecular flexibility index (Phi) is 6.09. The smallest absolute Gasteiger partial charge is 0.293 e. The summed E-state index contributed by atoms with van der Waals surface area (Å²) in [4.78, 5) is 15.9. The van der Waals surface area contributed by atoms with Crippen LogP contribution in [0.4, 0.5) is 5.82 Å². The molecule has 0 unspecified atom stereocenters. The molecule has 3 heterocycles. The third kappa shape index (κ3) is 4.81. The van der Waals surface area contributed by atoms with E-state index < -0.39 is 5.91 Å². The summed E-state index contributed by atoms with van der Waals surface area (Å²) in [6.07, 6.45) is 1.58. The Bertz CT molecular complexity index is 1230. The van der Waals surface area contributed by atoms with Crippen molar-refractivity contribution in [3.8, 4) is 5.82 Å². The zero-order chi connectivity index (χ0) is 21.8. The van der Waals surface area contributed by atoms with Crippen LogP contribution in [0.5, 0.6) is 0 Å².